The van der Waals surface area contributed by atoms with Crippen LogP contribution in [-0.2, 0) is 9.95 Å². The molecule has 0 fully saturated rings. The summed E-state index contributed by atoms with van der Waals surface area (Å²) >= 11 is 3.83. The van der Waals surface area contributed by atoms with Crippen molar-refractivity contribution in [3.8, 4) is 0 Å². The summed E-state index contributed by atoms with van der Waals surface area (Å²) in [5.74, 6) is -0.721. The molecule has 0 spiro atoms. The van der Waals surface area contributed by atoms with Gasteiger partial charge in [-0.15, -0.1) is 0 Å². The van der Waals surface area contributed by atoms with Crippen molar-refractivity contribution in [2.45, 2.75) is 23.9 Å². The van der Waals surface area contributed by atoms with Crippen molar-refractivity contribution in [1.29, 1.82) is 0 Å². The fraction of sp³-hybridized carbons (Fsp3) is 0.174. The molecule has 138 valence electrons. The zero-order chi connectivity index (χ0) is 19.1. The van der Waals surface area contributed by atoms with Crippen LogP contribution in [0, 0.1) is 0 Å². The molecule has 0 amide bonds. The SMILES string of the molecule is O=C(O)CCC(c1ccccc1)C(PBr)(c1ccccc1)c1ccccc1. The Bertz CT molecular complexity index is 814. The predicted molar refractivity (Wildman–Crippen MR) is 117 cm³/mol. The number of hydrogen-bond acceptors (Lipinski definition) is 1. The van der Waals surface area contributed by atoms with Crippen molar-refractivity contribution in [1.82, 2.24) is 0 Å². The average Bonchev–Trinajstić information content (AvgIpc) is 2.73. The maximum atomic E-state index is 11.4. The van der Waals surface area contributed by atoms with Crippen molar-refractivity contribution in [3.05, 3.63) is 108 Å². The van der Waals surface area contributed by atoms with E-state index in [0.717, 1.165) is 0 Å². The predicted octanol–water partition coefficient (Wildman–Crippen LogP) is 6.57. The van der Waals surface area contributed by atoms with Gasteiger partial charge in [0, 0.05) is 12.3 Å². The number of aliphatic carboxylic acids is 1. The smallest absolute Gasteiger partial charge is 0.303 e. The molecule has 2 atom stereocenters. The van der Waals surface area contributed by atoms with E-state index in [1.807, 2.05) is 30.3 Å². The molecule has 2 unspecified atom stereocenters. The molecular formula is C23H22BrO2P. The standard InChI is InChI=1S/C23H22BrO2P/c24-27-23(19-12-6-2-7-13-19,20-14-8-3-9-15-20)21(16-17-22(25)26)18-10-4-1-5-11-18/h1-15,21,27H,16-17H2,(H,25,26). The zero-order valence-corrected chi connectivity index (χ0v) is 17.5. The van der Waals surface area contributed by atoms with Gasteiger partial charge in [-0.2, -0.15) is 0 Å². The van der Waals surface area contributed by atoms with Gasteiger partial charge < -0.3 is 5.11 Å². The Morgan fingerprint density at radius 3 is 1.70 bits per heavy atom. The molecule has 4 heteroatoms. The molecule has 0 radical (unpaired) electrons. The molecule has 0 saturated carbocycles. The highest BCUT2D eigenvalue weighted by atomic mass is 79.9. The first-order chi connectivity index (χ1) is 13.2. The van der Waals surface area contributed by atoms with Gasteiger partial charge in [0.2, 0.25) is 0 Å². The summed E-state index contributed by atoms with van der Waals surface area (Å²) in [7, 11) is 0.403. The Hall–Kier alpha value is -1.96. The minimum atomic E-state index is -0.760. The van der Waals surface area contributed by atoms with Crippen LogP contribution in [0.15, 0.2) is 91.0 Å². The normalized spacial score (nSPS) is 12.9. The van der Waals surface area contributed by atoms with Crippen LogP contribution < -0.4 is 0 Å². The van der Waals surface area contributed by atoms with Crippen LogP contribution in [-0.4, -0.2) is 11.1 Å². The Balaban J connectivity index is 2.23. The number of hydrogen-bond donors (Lipinski definition) is 1. The topological polar surface area (TPSA) is 37.3 Å². The first-order valence-electron chi connectivity index (χ1n) is 8.94. The van der Waals surface area contributed by atoms with E-state index in [1.165, 1.54) is 16.7 Å². The monoisotopic (exact) mass is 440 g/mol. The number of rotatable bonds is 8. The number of carboxylic acids is 1. The third-order valence-corrected chi connectivity index (χ3v) is 8.08. The lowest BCUT2D eigenvalue weighted by atomic mass is 9.74. The second kappa shape index (κ2) is 9.30. The maximum absolute atomic E-state index is 11.4. The molecule has 1 N–H and O–H groups in total. The Labute approximate surface area is 170 Å². The molecule has 2 nitrogen and oxygen atoms in total. The first kappa shape index (κ1) is 19.8. The van der Waals surface area contributed by atoms with E-state index < -0.39 is 5.97 Å². The van der Waals surface area contributed by atoms with Gasteiger partial charge in [0.05, 0.1) is 5.16 Å². The molecule has 0 aliphatic carbocycles. The van der Waals surface area contributed by atoms with Gasteiger partial charge >= 0.3 is 5.97 Å². The summed E-state index contributed by atoms with van der Waals surface area (Å²) in [4.78, 5) is 11.4. The lowest BCUT2D eigenvalue weighted by Gasteiger charge is -2.41. The molecule has 3 aromatic rings. The summed E-state index contributed by atoms with van der Waals surface area (Å²) in [6.07, 6.45) is 0.709. The minimum Gasteiger partial charge on any atom is -0.481 e. The molecule has 0 saturated heterocycles. The van der Waals surface area contributed by atoms with Gasteiger partial charge in [-0.25, -0.2) is 0 Å². The average molecular weight is 441 g/mol. The van der Waals surface area contributed by atoms with Crippen molar-refractivity contribution in [2.75, 3.05) is 0 Å². The highest BCUT2D eigenvalue weighted by molar-refractivity contribution is 9.36. The molecule has 0 bridgehead atoms. The van der Waals surface area contributed by atoms with E-state index in [-0.39, 0.29) is 17.5 Å². The van der Waals surface area contributed by atoms with Crippen LogP contribution >= 0.6 is 22.8 Å². The third kappa shape index (κ3) is 4.31. The van der Waals surface area contributed by atoms with E-state index >= 15 is 0 Å². The van der Waals surface area contributed by atoms with Crippen LogP contribution in [0.4, 0.5) is 0 Å². The van der Waals surface area contributed by atoms with E-state index in [9.17, 15) is 9.90 Å². The van der Waals surface area contributed by atoms with Gasteiger partial charge in [0.1, 0.15) is 0 Å². The first-order valence-corrected chi connectivity index (χ1v) is 12.2. The van der Waals surface area contributed by atoms with Gasteiger partial charge in [-0.3, -0.25) is 4.79 Å². The fourth-order valence-electron chi connectivity index (χ4n) is 3.73. The lowest BCUT2D eigenvalue weighted by Crippen LogP contribution is -2.30. The Morgan fingerprint density at radius 2 is 1.30 bits per heavy atom. The summed E-state index contributed by atoms with van der Waals surface area (Å²) in [5, 5.41) is 9.05. The molecule has 0 aliphatic rings. The second-order valence-electron chi connectivity index (χ2n) is 6.53. The van der Waals surface area contributed by atoms with Crippen molar-refractivity contribution >= 4 is 28.7 Å². The molecule has 27 heavy (non-hydrogen) atoms. The van der Waals surface area contributed by atoms with Gasteiger partial charge in [0.25, 0.3) is 0 Å². The van der Waals surface area contributed by atoms with Crippen molar-refractivity contribution in [3.63, 3.8) is 0 Å². The van der Waals surface area contributed by atoms with Crippen LogP contribution in [0.1, 0.15) is 35.4 Å². The number of carboxylic acid groups (broad SMARTS) is 1. The summed E-state index contributed by atoms with van der Waals surface area (Å²) in [5.41, 5.74) is 3.56. The van der Waals surface area contributed by atoms with Gasteiger partial charge in [0.15, 0.2) is 0 Å². The van der Waals surface area contributed by atoms with Crippen LogP contribution in [0.2, 0.25) is 0 Å². The van der Waals surface area contributed by atoms with Crippen LogP contribution in [0.25, 0.3) is 0 Å². The second-order valence-corrected chi connectivity index (χ2v) is 8.70. The highest BCUT2D eigenvalue weighted by Crippen LogP contribution is 2.60. The highest BCUT2D eigenvalue weighted by Gasteiger charge is 2.42. The summed E-state index contributed by atoms with van der Waals surface area (Å²) in [6.45, 7) is 0. The Morgan fingerprint density at radius 1 is 0.852 bits per heavy atom. The molecule has 3 aromatic carbocycles. The van der Waals surface area contributed by atoms with Gasteiger partial charge in [-0.1, -0.05) is 106 Å². The minimum absolute atomic E-state index is 0.0392. The summed E-state index contributed by atoms with van der Waals surface area (Å²) in [6, 6.07) is 31.1. The molecule has 0 aliphatic heterocycles. The molecule has 0 aromatic heterocycles. The van der Waals surface area contributed by atoms with E-state index in [4.69, 9.17) is 0 Å². The van der Waals surface area contributed by atoms with Gasteiger partial charge in [-0.05, 0) is 30.4 Å². The van der Waals surface area contributed by atoms with Crippen molar-refractivity contribution in [2.24, 2.45) is 0 Å². The zero-order valence-electron chi connectivity index (χ0n) is 14.9. The Kier molecular flexibility index (Phi) is 6.82. The van der Waals surface area contributed by atoms with Crippen LogP contribution in [0.3, 0.4) is 0 Å². The maximum Gasteiger partial charge on any atom is 0.303 e. The quantitative estimate of drug-likeness (QED) is 0.402. The molecule has 0 heterocycles. The number of halogens is 1. The van der Waals surface area contributed by atoms with E-state index in [0.29, 0.717) is 13.7 Å². The third-order valence-electron chi connectivity index (χ3n) is 4.98. The van der Waals surface area contributed by atoms with E-state index in [2.05, 4.69) is 76.2 Å². The molecule has 3 rings (SSSR count). The fourth-order valence-corrected chi connectivity index (χ4v) is 6.93. The molecular weight excluding hydrogens is 419 g/mol. The van der Waals surface area contributed by atoms with Crippen LogP contribution in [0.5, 0.6) is 0 Å². The van der Waals surface area contributed by atoms with Crippen molar-refractivity contribution < 1.29 is 9.90 Å². The van der Waals surface area contributed by atoms with E-state index in [1.54, 1.807) is 0 Å². The summed E-state index contributed by atoms with van der Waals surface area (Å²) < 4.78 is 0. The largest absolute Gasteiger partial charge is 0.481 e. The number of carbonyl (C=O) groups is 1. The number of benzene rings is 3. The lowest BCUT2D eigenvalue weighted by molar-refractivity contribution is -0.137.